The number of amides is 1. The quantitative estimate of drug-likeness (QED) is 0.758. The zero-order valence-corrected chi connectivity index (χ0v) is 15.3. The number of carbonyl (C=O) groups excluding carboxylic acids is 1. The second-order valence-electron chi connectivity index (χ2n) is 6.75. The van der Waals surface area contributed by atoms with E-state index < -0.39 is 11.5 Å². The van der Waals surface area contributed by atoms with Crippen molar-refractivity contribution in [3.8, 4) is 11.3 Å². The first kappa shape index (κ1) is 17.7. The third-order valence-corrected chi connectivity index (χ3v) is 5.91. The molecule has 1 saturated carbocycles. The molecule has 3 N–H and O–H groups in total. The molecule has 0 unspecified atom stereocenters. The molecule has 0 atom stereocenters. The molecule has 0 spiro atoms. The highest BCUT2D eigenvalue weighted by Crippen LogP contribution is 2.34. The first-order chi connectivity index (χ1) is 11.9. The van der Waals surface area contributed by atoms with Crippen LogP contribution < -0.4 is 5.32 Å². The Bertz CT molecular complexity index is 772. The van der Waals surface area contributed by atoms with Gasteiger partial charge in [-0.3, -0.25) is 4.79 Å². The van der Waals surface area contributed by atoms with Crippen molar-refractivity contribution in [3.05, 3.63) is 28.3 Å². The molecule has 6 nitrogen and oxygen atoms in total. The summed E-state index contributed by atoms with van der Waals surface area (Å²) in [7, 11) is 0. The molecule has 2 heterocycles. The SMILES string of the molecule is CCC1CCC(NC(=O)c2cc(-c3csc(C)n3)c[nH]2)(C(=O)O)CC1. The van der Waals surface area contributed by atoms with E-state index in [4.69, 9.17) is 0 Å². The lowest BCUT2D eigenvalue weighted by atomic mass is 9.75. The topological polar surface area (TPSA) is 95.1 Å². The van der Waals surface area contributed by atoms with Crippen LogP contribution in [0.5, 0.6) is 0 Å². The summed E-state index contributed by atoms with van der Waals surface area (Å²) in [6, 6.07) is 1.72. The smallest absolute Gasteiger partial charge is 0.329 e. The third kappa shape index (κ3) is 3.61. The van der Waals surface area contributed by atoms with E-state index in [2.05, 4.69) is 22.2 Å². The van der Waals surface area contributed by atoms with Gasteiger partial charge in [0.05, 0.1) is 10.7 Å². The van der Waals surface area contributed by atoms with Crippen LogP contribution in [0.4, 0.5) is 0 Å². The second kappa shape index (κ2) is 7.00. The number of carboxylic acids is 1. The summed E-state index contributed by atoms with van der Waals surface area (Å²) in [5, 5.41) is 15.4. The van der Waals surface area contributed by atoms with Crippen LogP contribution in [0.3, 0.4) is 0 Å². The number of nitrogens with one attached hydrogen (secondary N) is 2. The fourth-order valence-electron chi connectivity index (χ4n) is 3.42. The highest BCUT2D eigenvalue weighted by atomic mass is 32.1. The molecule has 1 aliphatic carbocycles. The number of thiazole rings is 1. The normalized spacial score (nSPS) is 23.4. The van der Waals surface area contributed by atoms with E-state index in [0.29, 0.717) is 24.5 Å². The number of hydrogen-bond acceptors (Lipinski definition) is 4. The van der Waals surface area contributed by atoms with Crippen molar-refractivity contribution >= 4 is 23.2 Å². The summed E-state index contributed by atoms with van der Waals surface area (Å²) in [6.45, 7) is 4.05. The van der Waals surface area contributed by atoms with E-state index in [9.17, 15) is 14.7 Å². The molecule has 0 aliphatic heterocycles. The fourth-order valence-corrected chi connectivity index (χ4v) is 4.05. The number of aryl methyl sites for hydroxylation is 1. The van der Waals surface area contributed by atoms with Gasteiger partial charge in [0.25, 0.3) is 5.91 Å². The van der Waals surface area contributed by atoms with Crippen molar-refractivity contribution in [1.82, 2.24) is 15.3 Å². The van der Waals surface area contributed by atoms with E-state index in [1.165, 1.54) is 0 Å². The Labute approximate surface area is 150 Å². The number of H-pyrrole nitrogens is 1. The summed E-state index contributed by atoms with van der Waals surface area (Å²) in [5.41, 5.74) is 0.840. The van der Waals surface area contributed by atoms with Crippen LogP contribution in [-0.4, -0.2) is 32.5 Å². The van der Waals surface area contributed by atoms with Crippen molar-refractivity contribution in [2.24, 2.45) is 5.92 Å². The standard InChI is InChI=1S/C18H23N3O3S/c1-3-12-4-6-18(7-5-12,17(23)24)21-16(22)14-8-13(9-19-14)15-10-25-11(2)20-15/h8-10,12,19H,3-7H2,1-2H3,(H,21,22)(H,23,24). The summed E-state index contributed by atoms with van der Waals surface area (Å²) in [5.74, 6) is -0.776. The molecule has 1 aliphatic rings. The largest absolute Gasteiger partial charge is 0.480 e. The van der Waals surface area contributed by atoms with Crippen molar-refractivity contribution in [2.75, 3.05) is 0 Å². The minimum absolute atomic E-state index is 0.360. The monoisotopic (exact) mass is 361 g/mol. The lowest BCUT2D eigenvalue weighted by Gasteiger charge is -2.37. The highest BCUT2D eigenvalue weighted by molar-refractivity contribution is 7.09. The van der Waals surface area contributed by atoms with E-state index in [1.54, 1.807) is 23.6 Å². The lowest BCUT2D eigenvalue weighted by molar-refractivity contribution is -0.146. The van der Waals surface area contributed by atoms with Gasteiger partial charge in [-0.15, -0.1) is 11.3 Å². The molecular formula is C18H23N3O3S. The average Bonchev–Trinajstić information content (AvgIpc) is 3.24. The Hall–Kier alpha value is -2.15. The van der Waals surface area contributed by atoms with Gasteiger partial charge in [0.1, 0.15) is 11.2 Å². The van der Waals surface area contributed by atoms with Crippen LogP contribution >= 0.6 is 11.3 Å². The van der Waals surface area contributed by atoms with Crippen LogP contribution in [0.2, 0.25) is 0 Å². The van der Waals surface area contributed by atoms with Gasteiger partial charge < -0.3 is 15.4 Å². The predicted octanol–water partition coefficient (Wildman–Crippen LogP) is 3.60. The Kier molecular flexibility index (Phi) is 4.94. The van der Waals surface area contributed by atoms with E-state index in [1.807, 2.05) is 12.3 Å². The summed E-state index contributed by atoms with van der Waals surface area (Å²) in [6.07, 6.45) is 5.40. The van der Waals surface area contributed by atoms with Gasteiger partial charge in [-0.2, -0.15) is 0 Å². The van der Waals surface area contributed by atoms with Crippen LogP contribution in [0.25, 0.3) is 11.3 Å². The zero-order valence-electron chi connectivity index (χ0n) is 14.5. The number of carbonyl (C=O) groups is 2. The van der Waals surface area contributed by atoms with E-state index in [0.717, 1.165) is 35.5 Å². The number of nitrogens with zero attached hydrogens (tertiary/aromatic N) is 1. The number of aromatic amines is 1. The minimum atomic E-state index is -1.16. The first-order valence-corrected chi connectivity index (χ1v) is 9.48. The Morgan fingerprint density at radius 3 is 2.72 bits per heavy atom. The number of hydrogen-bond donors (Lipinski definition) is 3. The van der Waals surface area contributed by atoms with Gasteiger partial charge in [0.2, 0.25) is 0 Å². The molecule has 0 bridgehead atoms. The maximum atomic E-state index is 12.6. The summed E-state index contributed by atoms with van der Waals surface area (Å²) in [4.78, 5) is 31.8. The Balaban J connectivity index is 1.74. The Morgan fingerprint density at radius 2 is 2.16 bits per heavy atom. The molecule has 25 heavy (non-hydrogen) atoms. The highest BCUT2D eigenvalue weighted by Gasteiger charge is 2.43. The first-order valence-electron chi connectivity index (χ1n) is 8.60. The molecule has 1 fully saturated rings. The summed E-state index contributed by atoms with van der Waals surface area (Å²) >= 11 is 1.55. The third-order valence-electron chi connectivity index (χ3n) is 5.14. The van der Waals surface area contributed by atoms with Crippen molar-refractivity contribution in [3.63, 3.8) is 0 Å². The zero-order chi connectivity index (χ0) is 18.0. The van der Waals surface area contributed by atoms with Gasteiger partial charge in [-0.1, -0.05) is 13.3 Å². The molecule has 7 heteroatoms. The van der Waals surface area contributed by atoms with Gasteiger partial charge in [0.15, 0.2) is 0 Å². The predicted molar refractivity (Wildman–Crippen MR) is 96.7 cm³/mol. The molecule has 2 aromatic heterocycles. The lowest BCUT2D eigenvalue weighted by Crippen LogP contribution is -2.56. The molecule has 3 rings (SSSR count). The van der Waals surface area contributed by atoms with Gasteiger partial charge in [0, 0.05) is 17.1 Å². The maximum Gasteiger partial charge on any atom is 0.329 e. The van der Waals surface area contributed by atoms with Crippen LogP contribution in [0.1, 0.15) is 54.5 Å². The number of aliphatic carboxylic acids is 1. The maximum absolute atomic E-state index is 12.6. The van der Waals surface area contributed by atoms with Crippen molar-refractivity contribution in [1.29, 1.82) is 0 Å². The summed E-state index contributed by atoms with van der Waals surface area (Å²) < 4.78 is 0. The van der Waals surface area contributed by atoms with Crippen LogP contribution in [0.15, 0.2) is 17.6 Å². The average molecular weight is 361 g/mol. The molecule has 2 aromatic rings. The Morgan fingerprint density at radius 1 is 1.44 bits per heavy atom. The fraction of sp³-hybridized carbons (Fsp3) is 0.500. The second-order valence-corrected chi connectivity index (χ2v) is 7.81. The molecule has 0 saturated heterocycles. The molecular weight excluding hydrogens is 338 g/mol. The molecule has 134 valence electrons. The minimum Gasteiger partial charge on any atom is -0.480 e. The molecule has 0 aromatic carbocycles. The van der Waals surface area contributed by atoms with Crippen molar-refractivity contribution < 1.29 is 14.7 Å². The van der Waals surface area contributed by atoms with Gasteiger partial charge in [-0.25, -0.2) is 9.78 Å². The molecule has 1 amide bonds. The van der Waals surface area contributed by atoms with Gasteiger partial charge >= 0.3 is 5.97 Å². The number of aromatic nitrogens is 2. The number of carboxylic acid groups (broad SMARTS) is 1. The number of rotatable bonds is 5. The van der Waals surface area contributed by atoms with Gasteiger partial charge in [-0.05, 0) is 44.6 Å². The van der Waals surface area contributed by atoms with Crippen LogP contribution in [0, 0.1) is 12.8 Å². The van der Waals surface area contributed by atoms with Crippen molar-refractivity contribution in [2.45, 2.75) is 51.5 Å². The molecule has 0 radical (unpaired) electrons. The van der Waals surface area contributed by atoms with E-state index >= 15 is 0 Å². The van der Waals surface area contributed by atoms with Crippen LogP contribution in [-0.2, 0) is 4.79 Å². The van der Waals surface area contributed by atoms with E-state index in [-0.39, 0.29) is 5.91 Å².